The Hall–Kier alpha value is -1.29. The molecule has 1 heteroatoms. The standard InChI is InChI=1S/C20H29N/c1-2-7-19(20-14-12-18(16-21)13-15-20)11-6-10-17-8-4-3-5-9-17/h12-15,17,19H,2-11H2,1H3. The van der Waals surface area contributed by atoms with E-state index in [1.54, 1.807) is 0 Å². The quantitative estimate of drug-likeness (QED) is 0.585. The topological polar surface area (TPSA) is 23.8 Å². The normalized spacial score (nSPS) is 17.3. The SMILES string of the molecule is CCCC(CCCC1CCCCC1)c1ccc(C#N)cc1. The van der Waals surface area contributed by atoms with Crippen LogP contribution in [0.15, 0.2) is 24.3 Å². The predicted octanol–water partition coefficient (Wildman–Crippen LogP) is 6.19. The fourth-order valence-electron chi connectivity index (χ4n) is 3.78. The molecule has 0 amide bonds. The Kier molecular flexibility index (Phi) is 6.80. The van der Waals surface area contributed by atoms with Crippen LogP contribution >= 0.6 is 0 Å². The molecule has 1 aromatic rings. The van der Waals surface area contributed by atoms with Crippen molar-refractivity contribution in [2.75, 3.05) is 0 Å². The number of rotatable bonds is 7. The minimum atomic E-state index is 0.686. The van der Waals surface area contributed by atoms with E-state index in [1.807, 2.05) is 12.1 Å². The summed E-state index contributed by atoms with van der Waals surface area (Å²) in [5, 5.41) is 8.91. The minimum Gasteiger partial charge on any atom is -0.192 e. The van der Waals surface area contributed by atoms with Gasteiger partial charge in [-0.1, -0.05) is 70.4 Å². The molecule has 0 radical (unpaired) electrons. The first-order valence-electron chi connectivity index (χ1n) is 8.83. The van der Waals surface area contributed by atoms with Crippen LogP contribution in [0.25, 0.3) is 0 Å². The van der Waals surface area contributed by atoms with Crippen LogP contribution < -0.4 is 0 Å². The molecule has 1 unspecified atom stereocenters. The molecule has 1 fully saturated rings. The first-order valence-corrected chi connectivity index (χ1v) is 8.83. The molecule has 21 heavy (non-hydrogen) atoms. The fraction of sp³-hybridized carbons (Fsp3) is 0.650. The van der Waals surface area contributed by atoms with E-state index >= 15 is 0 Å². The van der Waals surface area contributed by atoms with Crippen LogP contribution in [0.4, 0.5) is 0 Å². The molecule has 1 aliphatic carbocycles. The lowest BCUT2D eigenvalue weighted by atomic mass is 9.83. The molecule has 2 rings (SSSR count). The maximum absolute atomic E-state index is 8.91. The Balaban J connectivity index is 1.84. The summed E-state index contributed by atoms with van der Waals surface area (Å²) in [5.74, 6) is 1.69. The molecule has 0 heterocycles. The minimum absolute atomic E-state index is 0.686. The van der Waals surface area contributed by atoms with Crippen molar-refractivity contribution < 1.29 is 0 Å². The van der Waals surface area contributed by atoms with Gasteiger partial charge in [0.05, 0.1) is 11.6 Å². The highest BCUT2D eigenvalue weighted by atomic mass is 14.2. The van der Waals surface area contributed by atoms with Crippen LogP contribution in [0, 0.1) is 17.2 Å². The van der Waals surface area contributed by atoms with Gasteiger partial charge in [0.2, 0.25) is 0 Å². The molecular formula is C20H29N. The molecule has 0 aromatic heterocycles. The maximum atomic E-state index is 8.91. The molecule has 1 aliphatic rings. The van der Waals surface area contributed by atoms with E-state index in [0.717, 1.165) is 11.5 Å². The number of hydrogen-bond acceptors (Lipinski definition) is 1. The Labute approximate surface area is 130 Å². The molecule has 1 nitrogen and oxygen atoms in total. The molecule has 0 bridgehead atoms. The number of nitrogens with zero attached hydrogens (tertiary/aromatic N) is 1. The largest absolute Gasteiger partial charge is 0.192 e. The number of nitriles is 1. The molecular weight excluding hydrogens is 254 g/mol. The van der Waals surface area contributed by atoms with Gasteiger partial charge in [-0.05, 0) is 42.4 Å². The van der Waals surface area contributed by atoms with Gasteiger partial charge in [-0.15, -0.1) is 0 Å². The molecule has 114 valence electrons. The zero-order chi connectivity index (χ0) is 14.9. The van der Waals surface area contributed by atoms with Crippen molar-refractivity contribution in [1.29, 1.82) is 5.26 Å². The number of hydrogen-bond donors (Lipinski definition) is 0. The first kappa shape index (κ1) is 16.1. The second-order valence-corrected chi connectivity index (χ2v) is 6.65. The molecule has 0 saturated heterocycles. The van der Waals surface area contributed by atoms with Gasteiger partial charge < -0.3 is 0 Å². The summed E-state index contributed by atoms with van der Waals surface area (Å²) >= 11 is 0. The second-order valence-electron chi connectivity index (χ2n) is 6.65. The summed E-state index contributed by atoms with van der Waals surface area (Å²) in [7, 11) is 0. The second kappa shape index (κ2) is 8.88. The van der Waals surface area contributed by atoms with Crippen molar-refractivity contribution in [2.45, 2.75) is 77.0 Å². The highest BCUT2D eigenvalue weighted by Gasteiger charge is 2.15. The lowest BCUT2D eigenvalue weighted by Gasteiger charge is -2.23. The lowest BCUT2D eigenvalue weighted by molar-refractivity contribution is 0.324. The Morgan fingerprint density at radius 3 is 2.43 bits per heavy atom. The average Bonchev–Trinajstić information content (AvgIpc) is 2.55. The highest BCUT2D eigenvalue weighted by molar-refractivity contribution is 5.33. The smallest absolute Gasteiger partial charge is 0.0991 e. The van der Waals surface area contributed by atoms with Gasteiger partial charge in [-0.3, -0.25) is 0 Å². The van der Waals surface area contributed by atoms with Gasteiger partial charge in [0.15, 0.2) is 0 Å². The van der Waals surface area contributed by atoms with Crippen molar-refractivity contribution in [3.8, 4) is 6.07 Å². The number of benzene rings is 1. The average molecular weight is 283 g/mol. The van der Waals surface area contributed by atoms with Gasteiger partial charge in [-0.2, -0.15) is 5.26 Å². The van der Waals surface area contributed by atoms with E-state index in [0.29, 0.717) is 5.92 Å². The van der Waals surface area contributed by atoms with Gasteiger partial charge in [0.1, 0.15) is 0 Å². The van der Waals surface area contributed by atoms with Crippen molar-refractivity contribution in [3.63, 3.8) is 0 Å². The summed E-state index contributed by atoms with van der Waals surface area (Å²) < 4.78 is 0. The van der Waals surface area contributed by atoms with Crippen LogP contribution in [0.5, 0.6) is 0 Å². The third kappa shape index (κ3) is 5.20. The van der Waals surface area contributed by atoms with E-state index in [4.69, 9.17) is 5.26 Å². The molecule has 1 atom stereocenters. The zero-order valence-electron chi connectivity index (χ0n) is 13.5. The van der Waals surface area contributed by atoms with Crippen molar-refractivity contribution in [2.24, 2.45) is 5.92 Å². The van der Waals surface area contributed by atoms with E-state index in [9.17, 15) is 0 Å². The van der Waals surface area contributed by atoms with Crippen LogP contribution in [0.2, 0.25) is 0 Å². The van der Waals surface area contributed by atoms with E-state index in [-0.39, 0.29) is 0 Å². The Bertz CT molecular complexity index is 434. The summed E-state index contributed by atoms with van der Waals surface area (Å²) in [6.07, 6.45) is 13.9. The Morgan fingerprint density at radius 1 is 1.10 bits per heavy atom. The highest BCUT2D eigenvalue weighted by Crippen LogP contribution is 2.32. The predicted molar refractivity (Wildman–Crippen MR) is 89.2 cm³/mol. The zero-order valence-corrected chi connectivity index (χ0v) is 13.5. The van der Waals surface area contributed by atoms with Crippen LogP contribution in [-0.4, -0.2) is 0 Å². The Morgan fingerprint density at radius 2 is 1.81 bits per heavy atom. The fourth-order valence-corrected chi connectivity index (χ4v) is 3.78. The molecule has 1 aromatic carbocycles. The van der Waals surface area contributed by atoms with Crippen LogP contribution in [-0.2, 0) is 0 Å². The van der Waals surface area contributed by atoms with Gasteiger partial charge in [-0.25, -0.2) is 0 Å². The maximum Gasteiger partial charge on any atom is 0.0991 e. The van der Waals surface area contributed by atoms with Crippen molar-refractivity contribution in [3.05, 3.63) is 35.4 Å². The van der Waals surface area contributed by atoms with Crippen LogP contribution in [0.3, 0.4) is 0 Å². The van der Waals surface area contributed by atoms with E-state index in [2.05, 4.69) is 25.1 Å². The van der Waals surface area contributed by atoms with Gasteiger partial charge in [0, 0.05) is 0 Å². The monoisotopic (exact) mass is 283 g/mol. The molecule has 1 saturated carbocycles. The molecule has 0 N–H and O–H groups in total. The summed E-state index contributed by atoms with van der Waals surface area (Å²) in [6, 6.07) is 10.5. The third-order valence-corrected chi connectivity index (χ3v) is 5.04. The summed E-state index contributed by atoms with van der Waals surface area (Å²) in [6.45, 7) is 2.28. The first-order chi connectivity index (χ1) is 10.3. The lowest BCUT2D eigenvalue weighted by Crippen LogP contribution is -2.07. The summed E-state index contributed by atoms with van der Waals surface area (Å²) in [5.41, 5.74) is 2.20. The van der Waals surface area contributed by atoms with Gasteiger partial charge in [0.25, 0.3) is 0 Å². The van der Waals surface area contributed by atoms with E-state index < -0.39 is 0 Å². The van der Waals surface area contributed by atoms with Crippen LogP contribution in [0.1, 0.15) is 88.2 Å². The molecule has 0 spiro atoms. The molecule has 0 aliphatic heterocycles. The van der Waals surface area contributed by atoms with Gasteiger partial charge >= 0.3 is 0 Å². The third-order valence-electron chi connectivity index (χ3n) is 5.04. The van der Waals surface area contributed by atoms with Crippen molar-refractivity contribution in [1.82, 2.24) is 0 Å². The summed E-state index contributed by atoms with van der Waals surface area (Å²) in [4.78, 5) is 0. The van der Waals surface area contributed by atoms with Crippen molar-refractivity contribution >= 4 is 0 Å². The van der Waals surface area contributed by atoms with E-state index in [1.165, 1.54) is 69.8 Å².